The third-order valence-corrected chi connectivity index (χ3v) is 2.41. The molecule has 0 spiro atoms. The minimum absolute atomic E-state index is 0.0752. The van der Waals surface area contributed by atoms with Gasteiger partial charge in [-0.05, 0) is 11.1 Å². The van der Waals surface area contributed by atoms with Gasteiger partial charge in [0.05, 0.1) is 6.42 Å². The summed E-state index contributed by atoms with van der Waals surface area (Å²) in [6.45, 7) is 1.16. The summed E-state index contributed by atoms with van der Waals surface area (Å²) in [7, 11) is 0. The SMILES string of the molecule is CC(=O)O[C@H](Cc1ccc(CC(N)=O)cc1)C(=O)O. The first-order valence-corrected chi connectivity index (χ1v) is 5.64. The van der Waals surface area contributed by atoms with Gasteiger partial charge in [0, 0.05) is 13.3 Å². The molecule has 102 valence electrons. The maximum Gasteiger partial charge on any atom is 0.345 e. The van der Waals surface area contributed by atoms with E-state index in [4.69, 9.17) is 15.6 Å². The molecule has 0 fully saturated rings. The van der Waals surface area contributed by atoms with Gasteiger partial charge in [0.25, 0.3) is 0 Å². The molecule has 3 N–H and O–H groups in total. The number of nitrogens with two attached hydrogens (primary N) is 1. The lowest BCUT2D eigenvalue weighted by atomic mass is 10.0. The Hall–Kier alpha value is -2.37. The second kappa shape index (κ2) is 6.53. The molecule has 1 aromatic carbocycles. The van der Waals surface area contributed by atoms with Crippen LogP contribution in [0.4, 0.5) is 0 Å². The van der Waals surface area contributed by atoms with E-state index in [9.17, 15) is 14.4 Å². The molecule has 0 unspecified atom stereocenters. The predicted octanol–water partition coefficient (Wildman–Crippen LogP) is 0.273. The maximum atomic E-state index is 10.9. The lowest BCUT2D eigenvalue weighted by Crippen LogP contribution is -2.28. The molecule has 1 aromatic rings. The highest BCUT2D eigenvalue weighted by Gasteiger charge is 2.20. The van der Waals surface area contributed by atoms with E-state index >= 15 is 0 Å². The molecule has 1 rings (SSSR count). The Balaban J connectivity index is 2.72. The van der Waals surface area contributed by atoms with Crippen LogP contribution in [0.15, 0.2) is 24.3 Å². The number of carboxylic acids is 1. The zero-order valence-corrected chi connectivity index (χ0v) is 10.5. The molecule has 1 amide bonds. The fraction of sp³-hybridized carbons (Fsp3) is 0.308. The second-order valence-corrected chi connectivity index (χ2v) is 4.10. The van der Waals surface area contributed by atoms with Crippen molar-refractivity contribution in [1.29, 1.82) is 0 Å². The maximum absolute atomic E-state index is 10.9. The summed E-state index contributed by atoms with van der Waals surface area (Å²) in [5, 5.41) is 8.92. The Morgan fingerprint density at radius 3 is 2.16 bits per heavy atom. The van der Waals surface area contributed by atoms with Gasteiger partial charge in [0.1, 0.15) is 0 Å². The number of ether oxygens (including phenoxy) is 1. The summed E-state index contributed by atoms with van der Waals surface area (Å²) in [5.74, 6) is -2.27. The number of primary amides is 1. The van der Waals surface area contributed by atoms with Crippen molar-refractivity contribution < 1.29 is 24.2 Å². The topological polar surface area (TPSA) is 107 Å². The standard InChI is InChI=1S/C13H15NO5/c1-8(15)19-11(13(17)18)6-9-2-4-10(5-3-9)7-12(14)16/h2-5,11H,6-7H2,1H3,(H2,14,16)(H,17,18)/t11-/m1/s1. The van der Waals surface area contributed by atoms with Crippen LogP contribution in [0.2, 0.25) is 0 Å². The molecule has 0 radical (unpaired) electrons. The van der Waals surface area contributed by atoms with E-state index in [-0.39, 0.29) is 12.8 Å². The summed E-state index contributed by atoms with van der Waals surface area (Å²) in [6.07, 6.45) is -1.00. The van der Waals surface area contributed by atoms with Crippen LogP contribution in [0.1, 0.15) is 18.1 Å². The number of carbonyl (C=O) groups excluding carboxylic acids is 2. The Morgan fingerprint density at radius 2 is 1.74 bits per heavy atom. The van der Waals surface area contributed by atoms with Crippen LogP contribution in [0.25, 0.3) is 0 Å². The van der Waals surface area contributed by atoms with Crippen LogP contribution in [0.3, 0.4) is 0 Å². The van der Waals surface area contributed by atoms with Gasteiger partial charge >= 0.3 is 11.9 Å². The van der Waals surface area contributed by atoms with E-state index in [2.05, 4.69) is 0 Å². The molecule has 0 saturated heterocycles. The van der Waals surface area contributed by atoms with E-state index in [0.29, 0.717) is 5.56 Å². The zero-order chi connectivity index (χ0) is 14.4. The lowest BCUT2D eigenvalue weighted by Gasteiger charge is -2.12. The molecule has 0 aliphatic heterocycles. The number of amides is 1. The number of hydrogen-bond donors (Lipinski definition) is 2. The first-order chi connectivity index (χ1) is 8.88. The summed E-state index contributed by atoms with van der Waals surface area (Å²) >= 11 is 0. The smallest absolute Gasteiger partial charge is 0.345 e. The van der Waals surface area contributed by atoms with Crippen LogP contribution in [0, 0.1) is 0 Å². The van der Waals surface area contributed by atoms with Gasteiger partial charge in [-0.25, -0.2) is 4.79 Å². The molecular weight excluding hydrogens is 250 g/mol. The third-order valence-electron chi connectivity index (χ3n) is 2.41. The van der Waals surface area contributed by atoms with Gasteiger partial charge in [0.2, 0.25) is 12.0 Å². The lowest BCUT2D eigenvalue weighted by molar-refractivity contribution is -0.162. The molecule has 6 nitrogen and oxygen atoms in total. The number of benzene rings is 1. The molecule has 0 saturated carbocycles. The highest BCUT2D eigenvalue weighted by molar-refractivity contribution is 5.77. The van der Waals surface area contributed by atoms with Crippen molar-refractivity contribution in [2.24, 2.45) is 5.73 Å². The van der Waals surface area contributed by atoms with Crippen molar-refractivity contribution in [2.75, 3.05) is 0 Å². The monoisotopic (exact) mass is 265 g/mol. The number of carbonyl (C=O) groups is 3. The van der Waals surface area contributed by atoms with Crippen LogP contribution < -0.4 is 5.73 Å². The number of hydrogen-bond acceptors (Lipinski definition) is 4. The largest absolute Gasteiger partial charge is 0.478 e. The number of carboxylic acid groups (broad SMARTS) is 1. The Kier molecular flexibility index (Phi) is 5.05. The third kappa shape index (κ3) is 5.20. The Morgan fingerprint density at radius 1 is 1.21 bits per heavy atom. The van der Waals surface area contributed by atoms with Crippen LogP contribution in [-0.2, 0) is 32.0 Å². The van der Waals surface area contributed by atoms with Crippen molar-refractivity contribution in [3.8, 4) is 0 Å². The fourth-order valence-corrected chi connectivity index (χ4v) is 1.59. The van der Waals surface area contributed by atoms with Crippen molar-refractivity contribution >= 4 is 17.8 Å². The highest BCUT2D eigenvalue weighted by Crippen LogP contribution is 2.10. The summed E-state index contributed by atoms with van der Waals surface area (Å²) in [5.41, 5.74) is 6.51. The minimum Gasteiger partial charge on any atom is -0.478 e. The predicted molar refractivity (Wildman–Crippen MR) is 66.2 cm³/mol. The summed E-state index contributed by atoms with van der Waals surface area (Å²) in [6, 6.07) is 6.73. The zero-order valence-electron chi connectivity index (χ0n) is 10.5. The highest BCUT2D eigenvalue weighted by atomic mass is 16.6. The molecule has 0 aliphatic carbocycles. The average Bonchev–Trinajstić information content (AvgIpc) is 2.29. The molecule has 0 bridgehead atoms. The molecule has 0 heterocycles. The molecule has 1 atom stereocenters. The van der Waals surface area contributed by atoms with Crippen LogP contribution in [-0.4, -0.2) is 29.1 Å². The van der Waals surface area contributed by atoms with Gasteiger partial charge in [-0.2, -0.15) is 0 Å². The first kappa shape index (κ1) is 14.7. The number of rotatable bonds is 6. The number of esters is 1. The van der Waals surface area contributed by atoms with E-state index in [0.717, 1.165) is 12.5 Å². The summed E-state index contributed by atoms with van der Waals surface area (Å²) < 4.78 is 4.70. The molecule has 6 heteroatoms. The van der Waals surface area contributed by atoms with E-state index in [1.165, 1.54) is 0 Å². The van der Waals surface area contributed by atoms with E-state index in [1.54, 1.807) is 24.3 Å². The van der Waals surface area contributed by atoms with Gasteiger partial charge < -0.3 is 15.6 Å². The van der Waals surface area contributed by atoms with E-state index < -0.39 is 23.9 Å². The van der Waals surface area contributed by atoms with Gasteiger partial charge in [-0.15, -0.1) is 0 Å². The second-order valence-electron chi connectivity index (χ2n) is 4.10. The van der Waals surface area contributed by atoms with Crippen molar-refractivity contribution in [2.45, 2.75) is 25.9 Å². The van der Waals surface area contributed by atoms with Crippen LogP contribution in [0.5, 0.6) is 0 Å². The normalized spacial score (nSPS) is 11.6. The van der Waals surface area contributed by atoms with Crippen molar-refractivity contribution in [3.05, 3.63) is 35.4 Å². The molecule has 19 heavy (non-hydrogen) atoms. The number of aliphatic carboxylic acids is 1. The van der Waals surface area contributed by atoms with Gasteiger partial charge in [-0.1, -0.05) is 24.3 Å². The first-order valence-electron chi connectivity index (χ1n) is 5.64. The van der Waals surface area contributed by atoms with E-state index in [1.807, 2.05) is 0 Å². The Bertz CT molecular complexity index is 480. The molecule has 0 aliphatic rings. The van der Waals surface area contributed by atoms with Crippen LogP contribution >= 0.6 is 0 Å². The van der Waals surface area contributed by atoms with Crippen molar-refractivity contribution in [3.63, 3.8) is 0 Å². The van der Waals surface area contributed by atoms with Gasteiger partial charge in [0.15, 0.2) is 0 Å². The molecule has 0 aromatic heterocycles. The molecular formula is C13H15NO5. The average molecular weight is 265 g/mol. The Labute approximate surface area is 110 Å². The summed E-state index contributed by atoms with van der Waals surface area (Å²) in [4.78, 5) is 32.4. The minimum atomic E-state index is -1.21. The quantitative estimate of drug-likeness (QED) is 0.718. The van der Waals surface area contributed by atoms with Gasteiger partial charge in [-0.3, -0.25) is 9.59 Å². The van der Waals surface area contributed by atoms with Crippen molar-refractivity contribution in [1.82, 2.24) is 0 Å². The fourth-order valence-electron chi connectivity index (χ4n) is 1.59.